The fourth-order valence-electron chi connectivity index (χ4n) is 3.51. The van der Waals surface area contributed by atoms with Crippen molar-refractivity contribution in [2.75, 3.05) is 19.0 Å². The van der Waals surface area contributed by atoms with Crippen molar-refractivity contribution in [1.82, 2.24) is 10.2 Å². The van der Waals surface area contributed by atoms with Crippen LogP contribution in [0.1, 0.15) is 11.1 Å². The lowest BCUT2D eigenvalue weighted by Crippen LogP contribution is -2.38. The quantitative estimate of drug-likeness (QED) is 0.247. The predicted octanol–water partition coefficient (Wildman–Crippen LogP) is 5.87. The number of benzene rings is 3. The molecule has 0 saturated carbocycles. The van der Waals surface area contributed by atoms with Gasteiger partial charge in [0, 0.05) is 25.6 Å². The molecular weight excluding hydrogens is 585 g/mol. The van der Waals surface area contributed by atoms with E-state index in [9.17, 15) is 14.4 Å². The molecule has 0 aliphatic carbocycles. The third-order valence-corrected chi connectivity index (χ3v) is 6.40. The molecule has 1 fully saturated rings. The number of ether oxygens (including phenoxy) is 2. The molecule has 4 rings (SSSR count). The molecule has 0 aromatic heterocycles. The highest BCUT2D eigenvalue weighted by Gasteiger charge is 2.35. The third-order valence-electron chi connectivity index (χ3n) is 5.32. The van der Waals surface area contributed by atoms with Crippen LogP contribution in [0.25, 0.3) is 6.08 Å². The second kappa shape index (κ2) is 11.7. The number of carbonyl (C=O) groups excluding carboxylic acids is 3. The lowest BCUT2D eigenvalue weighted by atomic mass is 10.1. The summed E-state index contributed by atoms with van der Waals surface area (Å²) in [4.78, 5) is 38.9. The molecule has 2 N–H and O–H groups in total. The first-order valence-electron chi connectivity index (χ1n) is 10.9. The number of halogens is 3. The van der Waals surface area contributed by atoms with Crippen LogP contribution in [0.5, 0.6) is 11.5 Å². The first-order chi connectivity index (χ1) is 17.7. The number of rotatable bonds is 8. The largest absolute Gasteiger partial charge is 0.495 e. The van der Waals surface area contributed by atoms with E-state index in [1.807, 2.05) is 0 Å². The van der Waals surface area contributed by atoms with Crippen LogP contribution < -0.4 is 20.1 Å². The predicted molar refractivity (Wildman–Crippen MR) is 145 cm³/mol. The minimum atomic E-state index is -0.711. The highest BCUT2D eigenvalue weighted by Crippen LogP contribution is 2.29. The maximum Gasteiger partial charge on any atom is 0.329 e. The Morgan fingerprint density at radius 2 is 1.86 bits per heavy atom. The molecule has 190 valence electrons. The van der Waals surface area contributed by atoms with E-state index in [-0.39, 0.29) is 12.3 Å². The standard InChI is InChI=1S/C26H20BrCl2N3O5/c1-36-23-5-3-2-4-20(23)30-24(33)13-32-25(34)21(31-26(32)35)11-16-10-17(27)7-9-22(16)37-14-15-6-8-18(28)12-19(15)29/h2-12H,13-14H2,1H3,(H,30,33)(H,31,35)/b21-11+. The van der Waals surface area contributed by atoms with E-state index < -0.39 is 24.4 Å². The van der Waals surface area contributed by atoms with E-state index >= 15 is 0 Å². The number of para-hydroxylation sites is 2. The lowest BCUT2D eigenvalue weighted by molar-refractivity contribution is -0.127. The van der Waals surface area contributed by atoms with Crippen molar-refractivity contribution in [3.05, 3.63) is 92.0 Å². The summed E-state index contributed by atoms with van der Waals surface area (Å²) in [6, 6.07) is 16.4. The van der Waals surface area contributed by atoms with Crippen molar-refractivity contribution >= 4 is 68.7 Å². The SMILES string of the molecule is COc1ccccc1NC(=O)CN1C(=O)N/C(=C/c2cc(Br)ccc2OCc2ccc(Cl)cc2Cl)C1=O. The van der Waals surface area contributed by atoms with E-state index in [1.54, 1.807) is 60.7 Å². The van der Waals surface area contributed by atoms with E-state index in [4.69, 9.17) is 32.7 Å². The van der Waals surface area contributed by atoms with Gasteiger partial charge in [0.2, 0.25) is 5.91 Å². The summed E-state index contributed by atoms with van der Waals surface area (Å²) >= 11 is 15.6. The van der Waals surface area contributed by atoms with E-state index in [0.29, 0.717) is 32.8 Å². The molecule has 37 heavy (non-hydrogen) atoms. The summed E-state index contributed by atoms with van der Waals surface area (Å²) in [5.41, 5.74) is 1.69. The van der Waals surface area contributed by atoms with Gasteiger partial charge in [0.25, 0.3) is 5.91 Å². The Labute approximate surface area is 231 Å². The normalized spacial score (nSPS) is 14.1. The van der Waals surface area contributed by atoms with Crippen molar-refractivity contribution in [1.29, 1.82) is 0 Å². The monoisotopic (exact) mass is 603 g/mol. The molecule has 0 radical (unpaired) electrons. The van der Waals surface area contributed by atoms with Crippen LogP contribution in [0.4, 0.5) is 10.5 Å². The Kier molecular flexibility index (Phi) is 8.38. The number of amides is 4. The minimum Gasteiger partial charge on any atom is -0.495 e. The topological polar surface area (TPSA) is 97.0 Å². The number of nitrogens with one attached hydrogen (secondary N) is 2. The van der Waals surface area contributed by atoms with Crippen LogP contribution >= 0.6 is 39.1 Å². The van der Waals surface area contributed by atoms with Crippen LogP contribution in [0.2, 0.25) is 10.0 Å². The molecule has 0 bridgehead atoms. The highest BCUT2D eigenvalue weighted by molar-refractivity contribution is 9.10. The molecule has 1 aliphatic rings. The first kappa shape index (κ1) is 26.5. The van der Waals surface area contributed by atoms with Crippen LogP contribution in [0, 0.1) is 0 Å². The molecular formula is C26H20BrCl2N3O5. The van der Waals surface area contributed by atoms with Gasteiger partial charge < -0.3 is 20.1 Å². The summed E-state index contributed by atoms with van der Waals surface area (Å²) in [7, 11) is 1.48. The molecule has 3 aromatic carbocycles. The van der Waals surface area contributed by atoms with Crippen molar-refractivity contribution < 1.29 is 23.9 Å². The lowest BCUT2D eigenvalue weighted by Gasteiger charge is -2.13. The molecule has 1 aliphatic heterocycles. The van der Waals surface area contributed by atoms with Gasteiger partial charge >= 0.3 is 6.03 Å². The zero-order valence-electron chi connectivity index (χ0n) is 19.4. The Morgan fingerprint density at radius 3 is 2.62 bits per heavy atom. The number of methoxy groups -OCH3 is 1. The van der Waals surface area contributed by atoms with Crippen molar-refractivity contribution in [3.8, 4) is 11.5 Å². The van der Waals surface area contributed by atoms with E-state index in [1.165, 1.54) is 13.2 Å². The average molecular weight is 605 g/mol. The van der Waals surface area contributed by atoms with Gasteiger partial charge in [-0.3, -0.25) is 9.59 Å². The number of anilines is 1. The molecule has 3 aromatic rings. The zero-order chi connectivity index (χ0) is 26.5. The summed E-state index contributed by atoms with van der Waals surface area (Å²) in [5.74, 6) is -0.292. The van der Waals surface area contributed by atoms with E-state index in [2.05, 4.69) is 26.6 Å². The van der Waals surface area contributed by atoms with Gasteiger partial charge in [0.1, 0.15) is 30.3 Å². The van der Waals surface area contributed by atoms with Crippen LogP contribution in [0.3, 0.4) is 0 Å². The average Bonchev–Trinajstić information content (AvgIpc) is 3.12. The highest BCUT2D eigenvalue weighted by atomic mass is 79.9. The molecule has 1 saturated heterocycles. The molecule has 0 unspecified atom stereocenters. The molecule has 4 amide bonds. The van der Waals surface area contributed by atoms with Gasteiger partial charge in [-0.05, 0) is 48.5 Å². The van der Waals surface area contributed by atoms with Crippen molar-refractivity contribution in [3.63, 3.8) is 0 Å². The second-order valence-corrected chi connectivity index (χ2v) is 9.59. The van der Waals surface area contributed by atoms with Gasteiger partial charge in [0.15, 0.2) is 0 Å². The molecule has 0 atom stereocenters. The fourth-order valence-corrected chi connectivity index (χ4v) is 4.35. The van der Waals surface area contributed by atoms with Gasteiger partial charge in [-0.1, -0.05) is 57.3 Å². The van der Waals surface area contributed by atoms with Crippen LogP contribution in [-0.2, 0) is 16.2 Å². The Hall–Kier alpha value is -3.53. The maximum atomic E-state index is 13.0. The van der Waals surface area contributed by atoms with E-state index in [0.717, 1.165) is 14.9 Å². The number of hydrogen-bond acceptors (Lipinski definition) is 5. The maximum absolute atomic E-state index is 13.0. The summed E-state index contributed by atoms with van der Waals surface area (Å²) in [5, 5.41) is 6.14. The Morgan fingerprint density at radius 1 is 1.08 bits per heavy atom. The number of urea groups is 1. The molecule has 11 heteroatoms. The van der Waals surface area contributed by atoms with Gasteiger partial charge in [-0.2, -0.15) is 0 Å². The Balaban J connectivity index is 1.49. The molecule has 8 nitrogen and oxygen atoms in total. The van der Waals surface area contributed by atoms with Gasteiger partial charge in [-0.15, -0.1) is 0 Å². The Bertz CT molecular complexity index is 1410. The van der Waals surface area contributed by atoms with Crippen molar-refractivity contribution in [2.45, 2.75) is 6.61 Å². The van der Waals surface area contributed by atoms with Crippen molar-refractivity contribution in [2.24, 2.45) is 0 Å². The fraction of sp³-hybridized carbons (Fsp3) is 0.115. The minimum absolute atomic E-state index is 0.00238. The third kappa shape index (κ3) is 6.43. The molecule has 0 spiro atoms. The number of carbonyl (C=O) groups is 3. The van der Waals surface area contributed by atoms with Crippen LogP contribution in [-0.4, -0.2) is 36.4 Å². The summed E-state index contributed by atoms with van der Waals surface area (Å²) in [6.45, 7) is -0.319. The number of hydrogen-bond donors (Lipinski definition) is 2. The summed E-state index contributed by atoms with van der Waals surface area (Å²) < 4.78 is 11.9. The first-order valence-corrected chi connectivity index (χ1v) is 12.4. The molecule has 1 heterocycles. The summed E-state index contributed by atoms with van der Waals surface area (Å²) in [6.07, 6.45) is 1.49. The number of nitrogens with zero attached hydrogens (tertiary/aromatic N) is 1. The number of imide groups is 1. The zero-order valence-corrected chi connectivity index (χ0v) is 22.5. The van der Waals surface area contributed by atoms with Crippen LogP contribution in [0.15, 0.2) is 70.8 Å². The second-order valence-electron chi connectivity index (χ2n) is 7.83. The van der Waals surface area contributed by atoms with Gasteiger partial charge in [-0.25, -0.2) is 9.69 Å². The van der Waals surface area contributed by atoms with Gasteiger partial charge in [0.05, 0.1) is 12.8 Å². The smallest absolute Gasteiger partial charge is 0.329 e.